The van der Waals surface area contributed by atoms with Crippen molar-refractivity contribution in [2.45, 2.75) is 64.1 Å². The van der Waals surface area contributed by atoms with Crippen LogP contribution in [0.2, 0.25) is 0 Å². The molecule has 0 spiro atoms. The number of nitrogens with zero attached hydrogens (tertiary/aromatic N) is 3. The van der Waals surface area contributed by atoms with Gasteiger partial charge >= 0.3 is 0 Å². The summed E-state index contributed by atoms with van der Waals surface area (Å²) in [6, 6.07) is 4.00. The average molecular weight is 415 g/mol. The first kappa shape index (κ1) is 20.5. The lowest BCUT2D eigenvalue weighted by molar-refractivity contribution is 0.402. The highest BCUT2D eigenvalue weighted by molar-refractivity contribution is 5.88. The van der Waals surface area contributed by atoms with Crippen molar-refractivity contribution in [3.63, 3.8) is 0 Å². The number of fused-ring (bicyclic) bond motifs is 1. The largest absolute Gasteiger partial charge is 0.364 e. The number of H-pyrrole nitrogens is 1. The van der Waals surface area contributed by atoms with Crippen LogP contribution >= 0.6 is 0 Å². The third-order valence-electron chi connectivity index (χ3n) is 5.58. The molecule has 0 aliphatic heterocycles. The highest BCUT2D eigenvalue weighted by Crippen LogP contribution is 2.28. The highest BCUT2D eigenvalue weighted by Gasteiger charge is 2.24. The zero-order valence-corrected chi connectivity index (χ0v) is 17.2. The Morgan fingerprint density at radius 3 is 2.67 bits per heavy atom. The van der Waals surface area contributed by atoms with E-state index >= 15 is 0 Å². The maximum atomic E-state index is 13.5. The SMILES string of the molecule is CC(C)c1[nH]nc2c(NCc3ccc(F)c(F)c3)nc(NC3CCCCC3N)nc12. The first-order valence-corrected chi connectivity index (χ1v) is 10.4. The van der Waals surface area contributed by atoms with Gasteiger partial charge in [-0.3, -0.25) is 5.10 Å². The molecule has 0 bridgehead atoms. The lowest BCUT2D eigenvalue weighted by atomic mass is 9.91. The molecule has 160 valence electrons. The third kappa shape index (κ3) is 4.21. The van der Waals surface area contributed by atoms with E-state index in [1.165, 1.54) is 12.1 Å². The molecular weight excluding hydrogens is 388 g/mol. The quantitative estimate of drug-likeness (QED) is 0.484. The Labute approximate surface area is 173 Å². The van der Waals surface area contributed by atoms with Crippen molar-refractivity contribution >= 4 is 22.8 Å². The number of rotatable bonds is 6. The monoisotopic (exact) mass is 415 g/mol. The van der Waals surface area contributed by atoms with E-state index < -0.39 is 11.6 Å². The summed E-state index contributed by atoms with van der Waals surface area (Å²) in [6.45, 7) is 4.40. The lowest BCUT2D eigenvalue weighted by Crippen LogP contribution is -2.43. The number of hydrogen-bond donors (Lipinski definition) is 4. The van der Waals surface area contributed by atoms with E-state index in [1.807, 2.05) is 0 Å². The van der Waals surface area contributed by atoms with Gasteiger partial charge in [0.25, 0.3) is 0 Å². The van der Waals surface area contributed by atoms with Crippen LogP contribution in [-0.4, -0.2) is 32.2 Å². The molecule has 1 aromatic carbocycles. The van der Waals surface area contributed by atoms with Crippen LogP contribution in [0.15, 0.2) is 18.2 Å². The molecule has 2 unspecified atom stereocenters. The summed E-state index contributed by atoms with van der Waals surface area (Å²) in [4.78, 5) is 9.32. The first-order chi connectivity index (χ1) is 14.4. The van der Waals surface area contributed by atoms with Crippen molar-refractivity contribution in [2.75, 3.05) is 10.6 Å². The number of nitrogens with one attached hydrogen (secondary N) is 3. The zero-order valence-electron chi connectivity index (χ0n) is 17.2. The van der Waals surface area contributed by atoms with Crippen LogP contribution in [0.3, 0.4) is 0 Å². The number of halogens is 2. The summed E-state index contributed by atoms with van der Waals surface area (Å²) in [6.07, 6.45) is 4.21. The molecule has 0 saturated heterocycles. The fraction of sp³-hybridized carbons (Fsp3) is 0.476. The molecule has 5 N–H and O–H groups in total. The summed E-state index contributed by atoms with van der Waals surface area (Å²) in [5, 5.41) is 14.0. The number of aromatic amines is 1. The summed E-state index contributed by atoms with van der Waals surface area (Å²) in [5.74, 6) is -0.528. The summed E-state index contributed by atoms with van der Waals surface area (Å²) < 4.78 is 26.8. The standard InChI is InChI=1S/C21H27F2N7/c1-11(2)17-18-19(30-29-17)20(25-10-12-7-8-13(22)14(23)9-12)28-21(27-18)26-16-6-4-3-5-15(16)24/h7-9,11,15-16H,3-6,10,24H2,1-2H3,(H,29,30)(H2,25,26,27,28). The van der Waals surface area contributed by atoms with Crippen molar-refractivity contribution in [1.29, 1.82) is 0 Å². The van der Waals surface area contributed by atoms with E-state index in [9.17, 15) is 8.78 Å². The van der Waals surface area contributed by atoms with Crippen LogP contribution in [0.5, 0.6) is 0 Å². The fourth-order valence-corrected chi connectivity index (χ4v) is 3.85. The van der Waals surface area contributed by atoms with Crippen molar-refractivity contribution in [1.82, 2.24) is 20.2 Å². The molecule has 2 heterocycles. The van der Waals surface area contributed by atoms with Crippen LogP contribution < -0.4 is 16.4 Å². The van der Waals surface area contributed by atoms with E-state index in [0.29, 0.717) is 22.8 Å². The molecular formula is C21H27F2N7. The van der Waals surface area contributed by atoms with Gasteiger partial charge in [0.2, 0.25) is 5.95 Å². The maximum absolute atomic E-state index is 13.5. The Hall–Kier alpha value is -2.81. The Balaban J connectivity index is 1.65. The van der Waals surface area contributed by atoms with Crippen molar-refractivity contribution in [3.05, 3.63) is 41.1 Å². The maximum Gasteiger partial charge on any atom is 0.225 e. The van der Waals surface area contributed by atoms with E-state index in [-0.39, 0.29) is 24.5 Å². The van der Waals surface area contributed by atoms with Crippen LogP contribution in [0.25, 0.3) is 11.0 Å². The van der Waals surface area contributed by atoms with E-state index in [0.717, 1.165) is 43.0 Å². The van der Waals surface area contributed by atoms with Crippen LogP contribution in [0, 0.1) is 11.6 Å². The van der Waals surface area contributed by atoms with Crippen LogP contribution in [0.4, 0.5) is 20.5 Å². The number of nitrogens with two attached hydrogens (primary N) is 1. The molecule has 2 aromatic heterocycles. The second kappa shape index (κ2) is 8.51. The van der Waals surface area contributed by atoms with Gasteiger partial charge in [-0.25, -0.2) is 13.8 Å². The molecule has 3 aromatic rings. The Bertz CT molecular complexity index is 1030. The van der Waals surface area contributed by atoms with Gasteiger partial charge in [0, 0.05) is 18.6 Å². The second-order valence-corrected chi connectivity index (χ2v) is 8.19. The molecule has 0 amide bonds. The van der Waals surface area contributed by atoms with E-state index in [2.05, 4.69) is 39.7 Å². The number of anilines is 2. The van der Waals surface area contributed by atoms with Gasteiger partial charge in [0.05, 0.1) is 5.69 Å². The van der Waals surface area contributed by atoms with Gasteiger partial charge in [-0.1, -0.05) is 32.8 Å². The minimum absolute atomic E-state index is 0.0607. The van der Waals surface area contributed by atoms with Crippen LogP contribution in [-0.2, 0) is 6.54 Å². The fourth-order valence-electron chi connectivity index (χ4n) is 3.85. The molecule has 1 aliphatic rings. The number of aromatic nitrogens is 4. The minimum Gasteiger partial charge on any atom is -0.364 e. The van der Waals surface area contributed by atoms with Crippen molar-refractivity contribution in [2.24, 2.45) is 5.73 Å². The normalized spacial score (nSPS) is 19.4. The van der Waals surface area contributed by atoms with E-state index in [1.54, 1.807) is 0 Å². The van der Waals surface area contributed by atoms with Gasteiger partial charge in [0.1, 0.15) is 5.52 Å². The number of hydrogen-bond acceptors (Lipinski definition) is 6. The molecule has 30 heavy (non-hydrogen) atoms. The van der Waals surface area contributed by atoms with Crippen LogP contribution in [0.1, 0.15) is 56.7 Å². The van der Waals surface area contributed by atoms with Gasteiger partial charge in [-0.05, 0) is 36.5 Å². The lowest BCUT2D eigenvalue weighted by Gasteiger charge is -2.29. The van der Waals surface area contributed by atoms with Gasteiger partial charge < -0.3 is 16.4 Å². The second-order valence-electron chi connectivity index (χ2n) is 8.19. The smallest absolute Gasteiger partial charge is 0.225 e. The van der Waals surface area contributed by atoms with Gasteiger partial charge in [-0.2, -0.15) is 10.1 Å². The predicted octanol–water partition coefficient (Wildman–Crippen LogP) is 4.05. The predicted molar refractivity (Wildman–Crippen MR) is 113 cm³/mol. The van der Waals surface area contributed by atoms with Crippen molar-refractivity contribution in [3.8, 4) is 0 Å². The summed E-state index contributed by atoms with van der Waals surface area (Å²) >= 11 is 0. The van der Waals surface area contributed by atoms with Crippen molar-refractivity contribution < 1.29 is 8.78 Å². The molecule has 1 aliphatic carbocycles. The zero-order chi connectivity index (χ0) is 21.3. The van der Waals surface area contributed by atoms with Gasteiger partial charge in [-0.15, -0.1) is 0 Å². The highest BCUT2D eigenvalue weighted by atomic mass is 19.2. The average Bonchev–Trinajstić information content (AvgIpc) is 3.15. The molecule has 0 radical (unpaired) electrons. The molecule has 1 saturated carbocycles. The molecule has 4 rings (SSSR count). The Morgan fingerprint density at radius 2 is 1.93 bits per heavy atom. The third-order valence-corrected chi connectivity index (χ3v) is 5.58. The summed E-state index contributed by atoms with van der Waals surface area (Å²) in [7, 11) is 0. The molecule has 9 heteroatoms. The Morgan fingerprint density at radius 1 is 1.13 bits per heavy atom. The topological polar surface area (TPSA) is 105 Å². The summed E-state index contributed by atoms with van der Waals surface area (Å²) in [5.41, 5.74) is 9.14. The Kier molecular flexibility index (Phi) is 5.80. The van der Waals surface area contributed by atoms with Gasteiger partial charge in [0.15, 0.2) is 23.0 Å². The first-order valence-electron chi connectivity index (χ1n) is 10.4. The molecule has 7 nitrogen and oxygen atoms in total. The number of benzene rings is 1. The molecule has 2 atom stereocenters. The molecule has 1 fully saturated rings. The minimum atomic E-state index is -0.877. The van der Waals surface area contributed by atoms with E-state index in [4.69, 9.17) is 10.7 Å².